The van der Waals surface area contributed by atoms with Crippen LogP contribution in [-0.4, -0.2) is 16.8 Å². The maximum atomic E-state index is 13.1. The minimum absolute atomic E-state index is 0.329. The number of nitrogens with one attached hydrogen (secondary N) is 1. The highest BCUT2D eigenvalue weighted by atomic mass is 35.5. The molecule has 0 atom stereocenters. The van der Waals surface area contributed by atoms with Gasteiger partial charge in [0.25, 0.3) is 0 Å². The lowest BCUT2D eigenvalue weighted by Crippen LogP contribution is -2.06. The van der Waals surface area contributed by atoms with E-state index in [1.807, 2.05) is 13.1 Å². The second-order valence-corrected chi connectivity index (χ2v) is 3.78. The molecule has 0 aliphatic heterocycles. The van der Waals surface area contributed by atoms with E-state index in [0.29, 0.717) is 17.3 Å². The van der Waals surface area contributed by atoms with Gasteiger partial charge in [-0.05, 0) is 25.2 Å². The fourth-order valence-electron chi connectivity index (χ4n) is 1.43. The fraction of sp³-hybridized carbons (Fsp3) is 0.182. The second-order valence-electron chi connectivity index (χ2n) is 3.38. The van der Waals surface area contributed by atoms with E-state index in [0.717, 1.165) is 5.69 Å². The van der Waals surface area contributed by atoms with Crippen molar-refractivity contribution in [2.45, 2.75) is 6.54 Å². The molecule has 84 valence electrons. The van der Waals surface area contributed by atoms with Crippen molar-refractivity contribution in [3.05, 3.63) is 47.0 Å². The summed E-state index contributed by atoms with van der Waals surface area (Å²) < 4.78 is 14.6. The Bertz CT molecular complexity index is 496. The van der Waals surface area contributed by atoms with Gasteiger partial charge >= 0.3 is 0 Å². The predicted octanol–water partition coefficient (Wildman–Crippen LogP) is 2.38. The molecule has 16 heavy (non-hydrogen) atoms. The molecule has 2 rings (SSSR count). The molecule has 3 nitrogen and oxygen atoms in total. The Balaban J connectivity index is 2.38. The van der Waals surface area contributed by atoms with Gasteiger partial charge in [-0.1, -0.05) is 11.6 Å². The molecule has 0 spiro atoms. The van der Waals surface area contributed by atoms with E-state index in [2.05, 4.69) is 10.4 Å². The van der Waals surface area contributed by atoms with Gasteiger partial charge in [0.2, 0.25) is 0 Å². The van der Waals surface area contributed by atoms with E-state index in [-0.39, 0.29) is 5.82 Å². The van der Waals surface area contributed by atoms with Crippen LogP contribution in [0.4, 0.5) is 4.39 Å². The molecule has 0 radical (unpaired) electrons. The summed E-state index contributed by atoms with van der Waals surface area (Å²) in [6.45, 7) is 0.667. The quantitative estimate of drug-likeness (QED) is 0.891. The molecule has 0 saturated carbocycles. The maximum Gasteiger partial charge on any atom is 0.125 e. The zero-order valence-electron chi connectivity index (χ0n) is 8.74. The molecule has 0 aliphatic carbocycles. The van der Waals surface area contributed by atoms with Crippen molar-refractivity contribution in [1.82, 2.24) is 15.1 Å². The van der Waals surface area contributed by atoms with Gasteiger partial charge in [-0.3, -0.25) is 0 Å². The van der Waals surface area contributed by atoms with Gasteiger partial charge < -0.3 is 5.32 Å². The van der Waals surface area contributed by atoms with E-state index >= 15 is 0 Å². The van der Waals surface area contributed by atoms with Crippen molar-refractivity contribution < 1.29 is 4.39 Å². The molecular formula is C11H11ClFN3. The summed E-state index contributed by atoms with van der Waals surface area (Å²) in [7, 11) is 1.84. The molecular weight excluding hydrogens is 229 g/mol. The number of halogens is 2. The summed E-state index contributed by atoms with van der Waals surface area (Å²) in [4.78, 5) is 0. The van der Waals surface area contributed by atoms with E-state index in [9.17, 15) is 4.39 Å². The van der Waals surface area contributed by atoms with Crippen molar-refractivity contribution in [2.24, 2.45) is 0 Å². The lowest BCUT2D eigenvalue weighted by molar-refractivity contribution is 0.625. The predicted molar refractivity (Wildman–Crippen MR) is 61.3 cm³/mol. The minimum Gasteiger partial charge on any atom is -0.314 e. The molecule has 0 saturated heterocycles. The van der Waals surface area contributed by atoms with Gasteiger partial charge in [-0.25, -0.2) is 9.07 Å². The number of hydrogen-bond acceptors (Lipinski definition) is 2. The molecule has 5 heteroatoms. The normalized spacial score (nSPS) is 10.7. The van der Waals surface area contributed by atoms with Gasteiger partial charge in [-0.2, -0.15) is 5.10 Å². The lowest BCUT2D eigenvalue weighted by atomic mass is 10.3. The van der Waals surface area contributed by atoms with Gasteiger partial charge in [0, 0.05) is 18.8 Å². The molecule has 1 N–H and O–H groups in total. The van der Waals surface area contributed by atoms with Crippen molar-refractivity contribution in [3.8, 4) is 5.69 Å². The molecule has 1 aromatic heterocycles. The molecule has 0 aliphatic rings. The van der Waals surface area contributed by atoms with Gasteiger partial charge in [0.1, 0.15) is 5.82 Å². The van der Waals surface area contributed by atoms with Crippen molar-refractivity contribution in [3.63, 3.8) is 0 Å². The Labute approximate surface area is 97.8 Å². The number of nitrogens with zero attached hydrogens (tertiary/aromatic N) is 2. The first-order valence-corrected chi connectivity index (χ1v) is 5.23. The third-order valence-corrected chi connectivity index (χ3v) is 2.48. The average Bonchev–Trinajstić information content (AvgIpc) is 2.71. The highest BCUT2D eigenvalue weighted by Gasteiger charge is 2.06. The van der Waals surface area contributed by atoms with E-state index in [1.165, 1.54) is 18.2 Å². The highest BCUT2D eigenvalue weighted by molar-refractivity contribution is 6.32. The van der Waals surface area contributed by atoms with Gasteiger partial charge in [-0.15, -0.1) is 0 Å². The third kappa shape index (κ3) is 2.23. The van der Waals surface area contributed by atoms with Crippen LogP contribution >= 0.6 is 11.6 Å². The third-order valence-electron chi connectivity index (χ3n) is 2.16. The lowest BCUT2D eigenvalue weighted by Gasteiger charge is -2.04. The molecule has 1 aromatic carbocycles. The summed E-state index contributed by atoms with van der Waals surface area (Å²) in [6, 6.07) is 6.06. The maximum absolute atomic E-state index is 13.1. The first kappa shape index (κ1) is 11.1. The standard InChI is InChI=1S/C11H11ClFN3/c1-14-7-9-4-5-16(15-9)11-6-8(13)2-3-10(11)12/h2-6,14H,7H2,1H3. The van der Waals surface area contributed by atoms with Crippen LogP contribution in [0.1, 0.15) is 5.69 Å². The van der Waals surface area contributed by atoms with Crippen LogP contribution in [-0.2, 0) is 6.54 Å². The Morgan fingerprint density at radius 2 is 2.25 bits per heavy atom. The largest absolute Gasteiger partial charge is 0.314 e. The number of hydrogen-bond donors (Lipinski definition) is 1. The van der Waals surface area contributed by atoms with Gasteiger partial charge in [0.05, 0.1) is 16.4 Å². The van der Waals surface area contributed by atoms with Crippen LogP contribution in [0.2, 0.25) is 5.02 Å². The van der Waals surface area contributed by atoms with Crippen LogP contribution in [0.15, 0.2) is 30.5 Å². The Morgan fingerprint density at radius 1 is 1.44 bits per heavy atom. The first-order valence-electron chi connectivity index (χ1n) is 4.85. The van der Waals surface area contributed by atoms with E-state index < -0.39 is 0 Å². The zero-order chi connectivity index (χ0) is 11.5. The molecule has 0 unspecified atom stereocenters. The number of aromatic nitrogens is 2. The Hall–Kier alpha value is -1.39. The zero-order valence-corrected chi connectivity index (χ0v) is 9.50. The number of rotatable bonds is 3. The summed E-state index contributed by atoms with van der Waals surface area (Å²) >= 11 is 5.97. The Morgan fingerprint density at radius 3 is 3.00 bits per heavy atom. The Kier molecular flexibility index (Phi) is 3.22. The van der Waals surface area contributed by atoms with E-state index in [4.69, 9.17) is 11.6 Å². The average molecular weight is 240 g/mol. The first-order chi connectivity index (χ1) is 7.70. The van der Waals surface area contributed by atoms with Crippen LogP contribution in [0.5, 0.6) is 0 Å². The fourth-order valence-corrected chi connectivity index (χ4v) is 1.64. The summed E-state index contributed by atoms with van der Waals surface area (Å²) in [5.74, 6) is -0.329. The van der Waals surface area contributed by atoms with Crippen molar-refractivity contribution in [2.75, 3.05) is 7.05 Å². The van der Waals surface area contributed by atoms with Crippen molar-refractivity contribution >= 4 is 11.6 Å². The molecule has 1 heterocycles. The van der Waals surface area contributed by atoms with E-state index in [1.54, 1.807) is 10.9 Å². The summed E-state index contributed by atoms with van der Waals surface area (Å²) in [5, 5.41) is 7.74. The highest BCUT2D eigenvalue weighted by Crippen LogP contribution is 2.20. The molecule has 0 bridgehead atoms. The summed E-state index contributed by atoms with van der Waals surface area (Å²) in [5.41, 5.74) is 1.42. The van der Waals surface area contributed by atoms with Crippen LogP contribution in [0.25, 0.3) is 5.69 Å². The van der Waals surface area contributed by atoms with Crippen molar-refractivity contribution in [1.29, 1.82) is 0 Å². The number of benzene rings is 1. The molecule has 2 aromatic rings. The minimum atomic E-state index is -0.329. The topological polar surface area (TPSA) is 29.9 Å². The van der Waals surface area contributed by atoms with Crippen LogP contribution in [0, 0.1) is 5.82 Å². The monoisotopic (exact) mass is 239 g/mol. The second kappa shape index (κ2) is 4.63. The SMILES string of the molecule is CNCc1ccn(-c2cc(F)ccc2Cl)n1. The molecule has 0 fully saturated rings. The smallest absolute Gasteiger partial charge is 0.125 e. The van der Waals surface area contributed by atoms with Gasteiger partial charge in [0.15, 0.2) is 0 Å². The molecule has 0 amide bonds. The van der Waals surface area contributed by atoms with Crippen LogP contribution < -0.4 is 5.32 Å². The van der Waals surface area contributed by atoms with Crippen LogP contribution in [0.3, 0.4) is 0 Å². The summed E-state index contributed by atoms with van der Waals surface area (Å²) in [6.07, 6.45) is 1.76.